The lowest BCUT2D eigenvalue weighted by Gasteiger charge is -2.12. The molecule has 146 valence electrons. The maximum atomic E-state index is 13.1. The Morgan fingerprint density at radius 2 is 1.79 bits per heavy atom. The minimum Gasteiger partial charge on any atom is -0.296 e. The molecular formula is C21H17FN4O2S. The van der Waals surface area contributed by atoms with Crippen LogP contribution in [0.25, 0.3) is 22.0 Å². The summed E-state index contributed by atoms with van der Waals surface area (Å²) in [6.45, 7) is 3.67. The molecule has 0 aliphatic carbocycles. The molecule has 0 atom stereocenters. The number of fused-ring (bicyclic) bond motifs is 1. The number of hydrogen-bond acceptors (Lipinski definition) is 5. The van der Waals surface area contributed by atoms with E-state index in [9.17, 15) is 14.0 Å². The summed E-state index contributed by atoms with van der Waals surface area (Å²) in [5.41, 5.74) is 1.31. The van der Waals surface area contributed by atoms with E-state index in [0.29, 0.717) is 21.6 Å². The second kappa shape index (κ2) is 7.56. The van der Waals surface area contributed by atoms with Crippen molar-refractivity contribution in [2.24, 2.45) is 0 Å². The summed E-state index contributed by atoms with van der Waals surface area (Å²) in [6.07, 6.45) is 0. The monoisotopic (exact) mass is 408 g/mol. The summed E-state index contributed by atoms with van der Waals surface area (Å²) in [7, 11) is 0. The second-order valence-corrected chi connectivity index (χ2v) is 7.59. The van der Waals surface area contributed by atoms with Crippen LogP contribution in [-0.4, -0.2) is 20.7 Å². The third-order valence-electron chi connectivity index (χ3n) is 4.40. The highest BCUT2D eigenvalue weighted by molar-refractivity contribution is 7.14. The van der Waals surface area contributed by atoms with Gasteiger partial charge in [0.25, 0.3) is 11.5 Å². The first-order valence-electron chi connectivity index (χ1n) is 8.98. The molecule has 1 amide bonds. The van der Waals surface area contributed by atoms with Gasteiger partial charge in [-0.3, -0.25) is 14.9 Å². The average Bonchev–Trinajstić information content (AvgIpc) is 3.17. The zero-order chi connectivity index (χ0) is 20.5. The Kier molecular flexibility index (Phi) is 4.94. The third kappa shape index (κ3) is 3.66. The van der Waals surface area contributed by atoms with E-state index in [1.54, 1.807) is 41.8 Å². The molecule has 0 unspecified atom stereocenters. The molecule has 0 saturated heterocycles. The Labute approximate surface area is 169 Å². The molecular weight excluding hydrogens is 391 g/mol. The van der Waals surface area contributed by atoms with Gasteiger partial charge in [0.15, 0.2) is 10.8 Å². The van der Waals surface area contributed by atoms with Crippen molar-refractivity contribution in [2.45, 2.75) is 19.9 Å². The van der Waals surface area contributed by atoms with Gasteiger partial charge in [-0.25, -0.2) is 14.1 Å². The largest absolute Gasteiger partial charge is 0.296 e. The number of benzene rings is 2. The summed E-state index contributed by atoms with van der Waals surface area (Å²) < 4.78 is 14.4. The molecule has 0 fully saturated rings. The molecule has 0 aliphatic rings. The average molecular weight is 408 g/mol. The summed E-state index contributed by atoms with van der Waals surface area (Å²) in [4.78, 5) is 30.0. The standard InChI is InChI=1S/C21H17FN4O2S/c1-12(2)26-20(28)16-6-4-3-5-15(16)18(25-26)19(27)24-21-23-17(11-29-21)13-7-9-14(22)10-8-13/h3-12H,1-2H3,(H,23,24,27). The van der Waals surface area contributed by atoms with Crippen LogP contribution in [0.15, 0.2) is 58.7 Å². The van der Waals surface area contributed by atoms with E-state index in [0.717, 1.165) is 5.56 Å². The summed E-state index contributed by atoms with van der Waals surface area (Å²) in [6, 6.07) is 12.7. The molecule has 6 nitrogen and oxygen atoms in total. The van der Waals surface area contributed by atoms with Crippen molar-refractivity contribution in [2.75, 3.05) is 5.32 Å². The molecule has 2 heterocycles. The van der Waals surface area contributed by atoms with Crippen molar-refractivity contribution in [3.63, 3.8) is 0 Å². The lowest BCUT2D eigenvalue weighted by Crippen LogP contribution is -2.28. The van der Waals surface area contributed by atoms with Gasteiger partial charge < -0.3 is 0 Å². The highest BCUT2D eigenvalue weighted by Crippen LogP contribution is 2.26. The van der Waals surface area contributed by atoms with Crippen LogP contribution >= 0.6 is 11.3 Å². The lowest BCUT2D eigenvalue weighted by molar-refractivity contribution is 0.102. The Morgan fingerprint density at radius 3 is 2.48 bits per heavy atom. The van der Waals surface area contributed by atoms with Crippen LogP contribution in [0.3, 0.4) is 0 Å². The predicted octanol–water partition coefficient (Wildman–Crippen LogP) is 4.49. The van der Waals surface area contributed by atoms with Gasteiger partial charge in [0.1, 0.15) is 5.82 Å². The van der Waals surface area contributed by atoms with Crippen molar-refractivity contribution in [1.82, 2.24) is 14.8 Å². The number of aromatic nitrogens is 3. The Bertz CT molecular complexity index is 1260. The van der Waals surface area contributed by atoms with E-state index in [2.05, 4.69) is 15.4 Å². The molecule has 2 aromatic heterocycles. The van der Waals surface area contributed by atoms with Crippen molar-refractivity contribution in [3.8, 4) is 11.3 Å². The summed E-state index contributed by atoms with van der Waals surface area (Å²) >= 11 is 1.26. The van der Waals surface area contributed by atoms with Crippen molar-refractivity contribution < 1.29 is 9.18 Å². The normalized spacial score (nSPS) is 11.2. The van der Waals surface area contributed by atoms with Gasteiger partial charge in [-0.1, -0.05) is 18.2 Å². The first-order valence-corrected chi connectivity index (χ1v) is 9.86. The molecule has 4 rings (SSSR count). The third-order valence-corrected chi connectivity index (χ3v) is 5.15. The van der Waals surface area contributed by atoms with E-state index < -0.39 is 5.91 Å². The van der Waals surface area contributed by atoms with E-state index in [1.807, 2.05) is 13.8 Å². The molecule has 4 aromatic rings. The second-order valence-electron chi connectivity index (χ2n) is 6.74. The molecule has 0 aliphatic heterocycles. The minimum absolute atomic E-state index is 0.160. The van der Waals surface area contributed by atoms with E-state index in [1.165, 1.54) is 28.2 Å². The van der Waals surface area contributed by atoms with Crippen LogP contribution in [0.4, 0.5) is 9.52 Å². The Morgan fingerprint density at radius 1 is 1.10 bits per heavy atom. The predicted molar refractivity (Wildman–Crippen MR) is 112 cm³/mol. The molecule has 29 heavy (non-hydrogen) atoms. The van der Waals surface area contributed by atoms with Gasteiger partial charge in [0.2, 0.25) is 0 Å². The lowest BCUT2D eigenvalue weighted by atomic mass is 10.1. The van der Waals surface area contributed by atoms with Gasteiger partial charge in [0, 0.05) is 16.3 Å². The van der Waals surface area contributed by atoms with E-state index >= 15 is 0 Å². The number of nitrogens with zero attached hydrogens (tertiary/aromatic N) is 3. The van der Waals surface area contributed by atoms with Gasteiger partial charge in [-0.2, -0.15) is 5.10 Å². The Balaban J connectivity index is 1.69. The molecule has 8 heteroatoms. The zero-order valence-electron chi connectivity index (χ0n) is 15.7. The Hall–Kier alpha value is -3.39. The molecule has 2 aromatic carbocycles. The smallest absolute Gasteiger partial charge is 0.278 e. The number of halogens is 1. The quantitative estimate of drug-likeness (QED) is 0.540. The van der Waals surface area contributed by atoms with Gasteiger partial charge in [-0.05, 0) is 44.2 Å². The number of hydrogen-bond donors (Lipinski definition) is 1. The van der Waals surface area contributed by atoms with E-state index in [-0.39, 0.29) is 23.1 Å². The first-order chi connectivity index (χ1) is 13.9. The van der Waals surface area contributed by atoms with Crippen molar-refractivity contribution in [1.29, 1.82) is 0 Å². The van der Waals surface area contributed by atoms with E-state index in [4.69, 9.17) is 0 Å². The summed E-state index contributed by atoms with van der Waals surface area (Å²) in [5, 5.41) is 10.2. The molecule has 0 saturated carbocycles. The van der Waals surface area contributed by atoms with Crippen molar-refractivity contribution in [3.05, 3.63) is 75.8 Å². The fourth-order valence-corrected chi connectivity index (χ4v) is 3.68. The SMILES string of the molecule is CC(C)n1nc(C(=O)Nc2nc(-c3ccc(F)cc3)cs2)c2ccccc2c1=O. The van der Waals surface area contributed by atoms with Crippen LogP contribution in [0.5, 0.6) is 0 Å². The number of carbonyl (C=O) groups excluding carboxylic acids is 1. The highest BCUT2D eigenvalue weighted by Gasteiger charge is 2.19. The van der Waals surface area contributed by atoms with Crippen molar-refractivity contribution >= 4 is 33.1 Å². The molecule has 0 bridgehead atoms. The number of thiazole rings is 1. The number of carbonyl (C=O) groups is 1. The zero-order valence-corrected chi connectivity index (χ0v) is 16.5. The maximum Gasteiger partial charge on any atom is 0.278 e. The van der Waals surface area contributed by atoms with Gasteiger partial charge >= 0.3 is 0 Å². The maximum absolute atomic E-state index is 13.1. The summed E-state index contributed by atoms with van der Waals surface area (Å²) in [5.74, 6) is -0.772. The molecule has 1 N–H and O–H groups in total. The van der Waals surface area contributed by atoms with Gasteiger partial charge in [0.05, 0.1) is 17.1 Å². The van der Waals surface area contributed by atoms with Crippen LogP contribution < -0.4 is 10.9 Å². The fraction of sp³-hybridized carbons (Fsp3) is 0.143. The molecule has 0 radical (unpaired) electrons. The van der Waals surface area contributed by atoms with Crippen LogP contribution in [0.1, 0.15) is 30.4 Å². The fourth-order valence-electron chi connectivity index (χ4n) is 2.96. The van der Waals surface area contributed by atoms with Crippen LogP contribution in [0.2, 0.25) is 0 Å². The van der Waals surface area contributed by atoms with Crippen LogP contribution in [0, 0.1) is 5.82 Å². The van der Waals surface area contributed by atoms with Crippen LogP contribution in [-0.2, 0) is 0 Å². The number of rotatable bonds is 4. The minimum atomic E-state index is -0.449. The number of anilines is 1. The first kappa shape index (κ1) is 18.9. The highest BCUT2D eigenvalue weighted by atomic mass is 32.1. The number of amides is 1. The van der Waals surface area contributed by atoms with Gasteiger partial charge in [-0.15, -0.1) is 11.3 Å². The topological polar surface area (TPSA) is 76.9 Å². The molecule has 0 spiro atoms. The number of nitrogens with one attached hydrogen (secondary N) is 1.